The highest BCUT2D eigenvalue weighted by Gasteiger charge is 1.90. The van der Waals surface area contributed by atoms with E-state index in [1.165, 1.54) is 11.1 Å². The molecule has 0 heterocycles. The lowest BCUT2D eigenvalue weighted by molar-refractivity contribution is -0.107. The second-order valence-electron chi connectivity index (χ2n) is 3.11. The van der Waals surface area contributed by atoms with Gasteiger partial charge in [0.15, 0.2) is 0 Å². The molecule has 0 atom stereocenters. The maximum Gasteiger partial charge on any atom is 0.120 e. The lowest BCUT2D eigenvalue weighted by Gasteiger charge is -1.97. The average Bonchev–Trinajstić information content (AvgIpc) is 2.16. The van der Waals surface area contributed by atoms with Crippen LogP contribution in [0.5, 0.6) is 0 Å². The van der Waals surface area contributed by atoms with Crippen molar-refractivity contribution in [3.63, 3.8) is 0 Å². The number of aldehydes is 1. The Balaban J connectivity index is 2.60. The van der Waals surface area contributed by atoms with E-state index in [2.05, 4.69) is 25.1 Å². The smallest absolute Gasteiger partial charge is 0.120 e. The Morgan fingerprint density at radius 1 is 1.31 bits per heavy atom. The standard InChI is InChI=1S/C12H14O/c1-11(6-5-9-13)10-12-7-3-2-4-8-12/h2-4,7-10H,5-6H2,1H3/b11-10+. The Kier molecular flexibility index (Phi) is 3.97. The average molecular weight is 174 g/mol. The van der Waals surface area contributed by atoms with Gasteiger partial charge in [-0.05, 0) is 18.9 Å². The van der Waals surface area contributed by atoms with Crippen molar-refractivity contribution >= 4 is 12.4 Å². The number of benzene rings is 1. The first kappa shape index (κ1) is 9.72. The minimum atomic E-state index is 0.620. The minimum Gasteiger partial charge on any atom is -0.303 e. The highest BCUT2D eigenvalue weighted by molar-refractivity contribution is 5.54. The predicted octanol–water partition coefficient (Wildman–Crippen LogP) is 3.07. The third-order valence-electron chi connectivity index (χ3n) is 1.87. The van der Waals surface area contributed by atoms with Crippen LogP contribution in [0.3, 0.4) is 0 Å². The molecule has 0 radical (unpaired) electrons. The third kappa shape index (κ3) is 3.70. The maximum atomic E-state index is 10.1. The van der Waals surface area contributed by atoms with Crippen molar-refractivity contribution < 1.29 is 4.79 Å². The molecular weight excluding hydrogens is 160 g/mol. The fourth-order valence-corrected chi connectivity index (χ4v) is 1.19. The van der Waals surface area contributed by atoms with Gasteiger partial charge in [0.2, 0.25) is 0 Å². The Morgan fingerprint density at radius 3 is 2.62 bits per heavy atom. The van der Waals surface area contributed by atoms with Crippen LogP contribution in [-0.2, 0) is 4.79 Å². The molecular formula is C12H14O. The van der Waals surface area contributed by atoms with Crippen molar-refractivity contribution in [2.75, 3.05) is 0 Å². The van der Waals surface area contributed by atoms with Crippen molar-refractivity contribution in [2.45, 2.75) is 19.8 Å². The van der Waals surface area contributed by atoms with Gasteiger partial charge < -0.3 is 4.79 Å². The van der Waals surface area contributed by atoms with Gasteiger partial charge in [0.25, 0.3) is 0 Å². The molecule has 13 heavy (non-hydrogen) atoms. The van der Waals surface area contributed by atoms with Gasteiger partial charge in [0, 0.05) is 6.42 Å². The summed E-state index contributed by atoms with van der Waals surface area (Å²) >= 11 is 0. The highest BCUT2D eigenvalue weighted by atomic mass is 16.1. The van der Waals surface area contributed by atoms with Crippen LogP contribution in [0.2, 0.25) is 0 Å². The van der Waals surface area contributed by atoms with Gasteiger partial charge in [0.1, 0.15) is 6.29 Å². The summed E-state index contributed by atoms with van der Waals surface area (Å²) in [7, 11) is 0. The van der Waals surface area contributed by atoms with Gasteiger partial charge in [-0.25, -0.2) is 0 Å². The van der Waals surface area contributed by atoms with Crippen molar-refractivity contribution in [3.8, 4) is 0 Å². The Labute approximate surface area is 79.1 Å². The van der Waals surface area contributed by atoms with E-state index >= 15 is 0 Å². The molecule has 0 fully saturated rings. The SMILES string of the molecule is C/C(=C\c1ccccc1)CCC=O. The number of rotatable bonds is 4. The summed E-state index contributed by atoms with van der Waals surface area (Å²) in [5, 5.41) is 0. The van der Waals surface area contributed by atoms with E-state index < -0.39 is 0 Å². The van der Waals surface area contributed by atoms with Gasteiger partial charge in [-0.2, -0.15) is 0 Å². The first-order valence-corrected chi connectivity index (χ1v) is 4.49. The zero-order valence-electron chi connectivity index (χ0n) is 7.86. The van der Waals surface area contributed by atoms with Crippen LogP contribution in [0.4, 0.5) is 0 Å². The Morgan fingerprint density at radius 2 is 2.00 bits per heavy atom. The lowest BCUT2D eigenvalue weighted by atomic mass is 10.1. The lowest BCUT2D eigenvalue weighted by Crippen LogP contribution is -1.79. The maximum absolute atomic E-state index is 10.1. The first-order valence-electron chi connectivity index (χ1n) is 4.49. The van der Waals surface area contributed by atoms with E-state index in [1.54, 1.807) is 0 Å². The molecule has 0 aliphatic heterocycles. The molecule has 0 N–H and O–H groups in total. The van der Waals surface area contributed by atoms with E-state index in [4.69, 9.17) is 0 Å². The summed E-state index contributed by atoms with van der Waals surface area (Å²) in [4.78, 5) is 10.1. The second kappa shape index (κ2) is 5.31. The van der Waals surface area contributed by atoms with Gasteiger partial charge in [-0.3, -0.25) is 0 Å². The Hall–Kier alpha value is -1.37. The van der Waals surface area contributed by atoms with Crippen molar-refractivity contribution in [3.05, 3.63) is 41.5 Å². The quantitative estimate of drug-likeness (QED) is 0.641. The topological polar surface area (TPSA) is 17.1 Å². The highest BCUT2D eigenvalue weighted by Crippen LogP contribution is 2.09. The van der Waals surface area contributed by atoms with Crippen molar-refractivity contribution in [1.29, 1.82) is 0 Å². The molecule has 0 unspecified atom stereocenters. The van der Waals surface area contributed by atoms with Crippen LogP contribution in [-0.4, -0.2) is 6.29 Å². The van der Waals surface area contributed by atoms with Gasteiger partial charge in [-0.1, -0.05) is 42.0 Å². The van der Waals surface area contributed by atoms with E-state index in [9.17, 15) is 4.79 Å². The predicted molar refractivity (Wildman–Crippen MR) is 55.4 cm³/mol. The van der Waals surface area contributed by atoms with Crippen LogP contribution in [0.1, 0.15) is 25.3 Å². The van der Waals surface area contributed by atoms with Crippen LogP contribution in [0.25, 0.3) is 6.08 Å². The molecule has 0 spiro atoms. The van der Waals surface area contributed by atoms with E-state index in [0.29, 0.717) is 6.42 Å². The molecule has 68 valence electrons. The summed E-state index contributed by atoms with van der Waals surface area (Å²) in [5.74, 6) is 0. The summed E-state index contributed by atoms with van der Waals surface area (Å²) in [6.45, 7) is 2.05. The van der Waals surface area contributed by atoms with Crippen LogP contribution < -0.4 is 0 Å². The number of hydrogen-bond donors (Lipinski definition) is 0. The van der Waals surface area contributed by atoms with E-state index in [0.717, 1.165) is 12.7 Å². The molecule has 0 saturated heterocycles. The molecule has 1 aromatic carbocycles. The molecule has 1 nitrogen and oxygen atoms in total. The molecule has 0 aliphatic rings. The monoisotopic (exact) mass is 174 g/mol. The van der Waals surface area contributed by atoms with Crippen molar-refractivity contribution in [1.82, 2.24) is 0 Å². The fraction of sp³-hybridized carbons (Fsp3) is 0.250. The molecule has 0 amide bonds. The molecule has 0 bridgehead atoms. The minimum absolute atomic E-state index is 0.620. The van der Waals surface area contributed by atoms with Crippen LogP contribution in [0.15, 0.2) is 35.9 Å². The molecule has 0 saturated carbocycles. The number of carbonyl (C=O) groups is 1. The van der Waals surface area contributed by atoms with Gasteiger partial charge in [-0.15, -0.1) is 0 Å². The molecule has 0 aromatic heterocycles. The Bertz CT molecular complexity index is 285. The number of hydrogen-bond acceptors (Lipinski definition) is 1. The van der Waals surface area contributed by atoms with Gasteiger partial charge in [0.05, 0.1) is 0 Å². The third-order valence-corrected chi connectivity index (χ3v) is 1.87. The largest absolute Gasteiger partial charge is 0.303 e. The zero-order chi connectivity index (χ0) is 9.52. The summed E-state index contributed by atoms with van der Waals surface area (Å²) in [6.07, 6.45) is 4.55. The zero-order valence-corrected chi connectivity index (χ0v) is 7.86. The fourth-order valence-electron chi connectivity index (χ4n) is 1.19. The molecule has 1 heteroatoms. The normalized spacial score (nSPS) is 11.3. The van der Waals surface area contributed by atoms with Crippen molar-refractivity contribution in [2.24, 2.45) is 0 Å². The second-order valence-corrected chi connectivity index (χ2v) is 3.11. The van der Waals surface area contributed by atoms with Crippen LogP contribution >= 0.6 is 0 Å². The van der Waals surface area contributed by atoms with E-state index in [-0.39, 0.29) is 0 Å². The van der Waals surface area contributed by atoms with E-state index in [1.807, 2.05) is 18.2 Å². The molecule has 1 aromatic rings. The first-order chi connectivity index (χ1) is 6.33. The van der Waals surface area contributed by atoms with Crippen LogP contribution in [0, 0.1) is 0 Å². The summed E-state index contributed by atoms with van der Waals surface area (Å²) < 4.78 is 0. The number of allylic oxidation sites excluding steroid dienone is 1. The number of carbonyl (C=O) groups excluding carboxylic acids is 1. The summed E-state index contributed by atoms with van der Waals surface area (Å²) in [5.41, 5.74) is 2.45. The summed E-state index contributed by atoms with van der Waals surface area (Å²) in [6, 6.07) is 10.1. The molecule has 0 aliphatic carbocycles. The van der Waals surface area contributed by atoms with Gasteiger partial charge >= 0.3 is 0 Å². The molecule has 1 rings (SSSR count).